The summed E-state index contributed by atoms with van der Waals surface area (Å²) in [5.41, 5.74) is 7.06. The highest BCUT2D eigenvalue weighted by molar-refractivity contribution is 5.75. The average molecular weight is 338 g/mol. The number of nitrogens with two attached hydrogens (primary N) is 1. The molecule has 0 atom stereocenters. The van der Waals surface area contributed by atoms with Gasteiger partial charge in [-0.25, -0.2) is 9.97 Å². The van der Waals surface area contributed by atoms with Crippen molar-refractivity contribution in [3.63, 3.8) is 0 Å². The molecule has 2 N–H and O–H groups in total. The summed E-state index contributed by atoms with van der Waals surface area (Å²) in [6, 6.07) is 0. The van der Waals surface area contributed by atoms with Crippen LogP contribution in [0.2, 0.25) is 0 Å². The summed E-state index contributed by atoms with van der Waals surface area (Å²) in [6.45, 7) is 9.86. The zero-order valence-corrected chi connectivity index (χ0v) is 15.1. The molecule has 2 rings (SSSR count). The summed E-state index contributed by atoms with van der Waals surface area (Å²) < 4.78 is 10.4. The van der Waals surface area contributed by atoms with Gasteiger partial charge in [0.1, 0.15) is 12.0 Å². The van der Waals surface area contributed by atoms with Crippen LogP contribution in [0.15, 0.2) is 6.33 Å². The topological polar surface area (TPSA) is 80.0 Å². The molecular weight excluding hydrogens is 308 g/mol. The number of methoxy groups -OCH3 is 2. The Morgan fingerprint density at radius 3 is 2.25 bits per heavy atom. The molecule has 0 bridgehead atoms. The third-order valence-corrected chi connectivity index (χ3v) is 4.39. The molecule has 1 saturated heterocycles. The van der Waals surface area contributed by atoms with Crippen LogP contribution in [0, 0.1) is 0 Å². The molecule has 0 saturated carbocycles. The van der Waals surface area contributed by atoms with E-state index in [4.69, 9.17) is 15.2 Å². The lowest BCUT2D eigenvalue weighted by Gasteiger charge is -2.35. The first-order valence-corrected chi connectivity index (χ1v) is 8.51. The van der Waals surface area contributed by atoms with Gasteiger partial charge in [-0.3, -0.25) is 0 Å². The number of hydrogen-bond acceptors (Lipinski definition) is 8. The summed E-state index contributed by atoms with van der Waals surface area (Å²) in [7, 11) is 3.38. The van der Waals surface area contributed by atoms with Crippen molar-refractivity contribution in [1.82, 2.24) is 14.9 Å². The fraction of sp³-hybridized carbons (Fsp3) is 0.750. The van der Waals surface area contributed by atoms with E-state index in [9.17, 15) is 0 Å². The molecule has 0 aliphatic carbocycles. The van der Waals surface area contributed by atoms with E-state index in [2.05, 4.69) is 31.6 Å². The lowest BCUT2D eigenvalue weighted by molar-refractivity contribution is 0.190. The first-order valence-electron chi connectivity index (χ1n) is 8.51. The maximum absolute atomic E-state index is 6.42. The van der Waals surface area contributed by atoms with Gasteiger partial charge in [-0.1, -0.05) is 6.92 Å². The van der Waals surface area contributed by atoms with Crippen molar-refractivity contribution < 1.29 is 9.47 Å². The second kappa shape index (κ2) is 9.61. The Bertz CT molecular complexity index is 485. The molecule has 8 heteroatoms. The molecule has 0 radical (unpaired) electrons. The number of piperazine rings is 1. The van der Waals surface area contributed by atoms with Crippen molar-refractivity contribution in [3.05, 3.63) is 6.33 Å². The van der Waals surface area contributed by atoms with Crippen LogP contribution in [0.4, 0.5) is 17.3 Å². The Morgan fingerprint density at radius 1 is 1.08 bits per heavy atom. The number of aromatic nitrogens is 2. The van der Waals surface area contributed by atoms with Crippen LogP contribution in [-0.2, 0) is 9.47 Å². The molecule has 2 heterocycles. The average Bonchev–Trinajstić information content (AvgIpc) is 2.63. The standard InChI is InChI=1S/C16H30N6O2/c1-4-20-5-7-21(8-6-20)15-14(17)16(19-13-18-15)22(9-11-23-2)10-12-24-3/h13H,4-12,17H2,1-3H3. The Morgan fingerprint density at radius 2 is 1.71 bits per heavy atom. The summed E-state index contributed by atoms with van der Waals surface area (Å²) >= 11 is 0. The minimum Gasteiger partial charge on any atom is -0.393 e. The Hall–Kier alpha value is -1.64. The molecule has 24 heavy (non-hydrogen) atoms. The summed E-state index contributed by atoms with van der Waals surface area (Å²) in [6.07, 6.45) is 1.60. The quantitative estimate of drug-likeness (QED) is 0.689. The lowest BCUT2D eigenvalue weighted by atomic mass is 10.3. The fourth-order valence-corrected chi connectivity index (χ4v) is 2.88. The van der Waals surface area contributed by atoms with Crippen LogP contribution >= 0.6 is 0 Å². The minimum absolute atomic E-state index is 0.609. The molecule has 1 aromatic rings. The van der Waals surface area contributed by atoms with E-state index in [-0.39, 0.29) is 0 Å². The summed E-state index contributed by atoms with van der Waals surface area (Å²) in [5, 5.41) is 0. The monoisotopic (exact) mass is 338 g/mol. The van der Waals surface area contributed by atoms with Crippen LogP contribution in [-0.4, -0.2) is 88.1 Å². The van der Waals surface area contributed by atoms with Crippen LogP contribution in [0.3, 0.4) is 0 Å². The van der Waals surface area contributed by atoms with Gasteiger partial charge < -0.3 is 29.9 Å². The molecule has 1 aliphatic heterocycles. The Labute approximate surface area is 144 Å². The van der Waals surface area contributed by atoms with Gasteiger partial charge in [0, 0.05) is 53.5 Å². The summed E-state index contributed by atoms with van der Waals surface area (Å²) in [5.74, 6) is 1.59. The van der Waals surface area contributed by atoms with Gasteiger partial charge in [0.2, 0.25) is 0 Å². The number of rotatable bonds is 9. The molecule has 0 amide bonds. The van der Waals surface area contributed by atoms with Crippen molar-refractivity contribution in [2.45, 2.75) is 6.92 Å². The normalized spacial score (nSPS) is 15.7. The molecule has 0 aromatic carbocycles. The second-order valence-electron chi connectivity index (χ2n) is 5.83. The molecule has 8 nitrogen and oxygen atoms in total. The highest BCUT2D eigenvalue weighted by Crippen LogP contribution is 2.29. The number of nitrogen functional groups attached to an aromatic ring is 1. The van der Waals surface area contributed by atoms with Gasteiger partial charge in [0.15, 0.2) is 11.6 Å². The molecule has 0 unspecified atom stereocenters. The van der Waals surface area contributed by atoms with Gasteiger partial charge in [0.05, 0.1) is 13.2 Å². The maximum atomic E-state index is 6.42. The van der Waals surface area contributed by atoms with Gasteiger partial charge in [0.25, 0.3) is 0 Å². The number of anilines is 3. The maximum Gasteiger partial charge on any atom is 0.157 e. The van der Waals surface area contributed by atoms with Crippen LogP contribution in [0.5, 0.6) is 0 Å². The largest absolute Gasteiger partial charge is 0.393 e. The van der Waals surface area contributed by atoms with Gasteiger partial charge >= 0.3 is 0 Å². The SMILES string of the molecule is CCN1CCN(c2ncnc(N(CCOC)CCOC)c2N)CC1. The van der Waals surface area contributed by atoms with Crippen molar-refractivity contribution in [1.29, 1.82) is 0 Å². The van der Waals surface area contributed by atoms with E-state index in [0.29, 0.717) is 32.0 Å². The second-order valence-corrected chi connectivity index (χ2v) is 5.83. The van der Waals surface area contributed by atoms with Crippen LogP contribution in [0.1, 0.15) is 6.92 Å². The summed E-state index contributed by atoms with van der Waals surface area (Å²) in [4.78, 5) is 15.6. The lowest BCUT2D eigenvalue weighted by Crippen LogP contribution is -2.46. The van der Waals surface area contributed by atoms with Gasteiger partial charge in [-0.2, -0.15) is 0 Å². The first kappa shape index (κ1) is 18.7. The van der Waals surface area contributed by atoms with Crippen molar-refractivity contribution >= 4 is 17.3 Å². The third kappa shape index (κ3) is 4.68. The van der Waals surface area contributed by atoms with E-state index in [1.54, 1.807) is 20.5 Å². The van der Waals surface area contributed by atoms with E-state index in [1.165, 1.54) is 0 Å². The number of nitrogens with zero attached hydrogens (tertiary/aromatic N) is 5. The zero-order chi connectivity index (χ0) is 17.4. The van der Waals surface area contributed by atoms with Crippen molar-refractivity contribution in [2.24, 2.45) is 0 Å². The van der Waals surface area contributed by atoms with E-state index in [1.807, 2.05) is 0 Å². The number of likely N-dealkylation sites (N-methyl/N-ethyl adjacent to an activating group) is 1. The Kier molecular flexibility index (Phi) is 7.48. The minimum atomic E-state index is 0.609. The molecular formula is C16H30N6O2. The van der Waals surface area contributed by atoms with Gasteiger partial charge in [-0.05, 0) is 6.54 Å². The zero-order valence-electron chi connectivity index (χ0n) is 15.1. The van der Waals surface area contributed by atoms with Crippen molar-refractivity contribution in [2.75, 3.05) is 88.8 Å². The number of hydrogen-bond donors (Lipinski definition) is 1. The van der Waals surface area contributed by atoms with E-state index in [0.717, 1.165) is 44.4 Å². The van der Waals surface area contributed by atoms with Crippen molar-refractivity contribution in [3.8, 4) is 0 Å². The predicted octanol–water partition coefficient (Wildman–Crippen LogP) is 0.300. The smallest absolute Gasteiger partial charge is 0.157 e. The molecule has 1 fully saturated rings. The fourth-order valence-electron chi connectivity index (χ4n) is 2.88. The van der Waals surface area contributed by atoms with Crippen LogP contribution in [0.25, 0.3) is 0 Å². The highest BCUT2D eigenvalue weighted by atomic mass is 16.5. The van der Waals surface area contributed by atoms with E-state index < -0.39 is 0 Å². The van der Waals surface area contributed by atoms with Gasteiger partial charge in [-0.15, -0.1) is 0 Å². The predicted molar refractivity (Wildman–Crippen MR) is 96.7 cm³/mol. The Balaban J connectivity index is 2.15. The highest BCUT2D eigenvalue weighted by Gasteiger charge is 2.22. The molecule has 0 spiro atoms. The van der Waals surface area contributed by atoms with Crippen LogP contribution < -0.4 is 15.5 Å². The first-order chi connectivity index (χ1) is 11.7. The molecule has 1 aromatic heterocycles. The van der Waals surface area contributed by atoms with E-state index >= 15 is 0 Å². The number of ether oxygens (including phenoxy) is 2. The third-order valence-electron chi connectivity index (χ3n) is 4.39. The molecule has 1 aliphatic rings. The molecule has 136 valence electrons.